The fraction of sp³-hybridized carbons (Fsp3) is 0.395. The smallest absolute Gasteiger partial charge is 0.255 e. The van der Waals surface area contributed by atoms with Crippen LogP contribution >= 0.6 is 0 Å². The number of likely N-dealkylation sites (tertiary alicyclic amines) is 2. The molecule has 1 N–H and O–H groups in total. The van der Waals surface area contributed by atoms with Gasteiger partial charge in [-0.25, -0.2) is 4.39 Å². The number of anilines is 1. The topological polar surface area (TPSA) is 65.5 Å². The minimum absolute atomic E-state index is 0.184. The van der Waals surface area contributed by atoms with Gasteiger partial charge in [0.2, 0.25) is 5.91 Å². The zero-order valence-corrected chi connectivity index (χ0v) is 26.2. The number of carbonyl (C=O) groups is 2. The van der Waals surface area contributed by atoms with Crippen molar-refractivity contribution >= 4 is 28.4 Å². The minimum atomic E-state index is -0.272. The highest BCUT2D eigenvalue weighted by molar-refractivity contribution is 6.05. The fourth-order valence-corrected chi connectivity index (χ4v) is 6.74. The van der Waals surface area contributed by atoms with Crippen molar-refractivity contribution in [2.75, 3.05) is 31.5 Å². The molecule has 2 amide bonds. The van der Waals surface area contributed by atoms with E-state index in [-0.39, 0.29) is 11.7 Å². The van der Waals surface area contributed by atoms with E-state index in [9.17, 15) is 14.0 Å². The van der Waals surface area contributed by atoms with E-state index in [2.05, 4.69) is 27.2 Å². The zero-order valence-electron chi connectivity index (χ0n) is 26.2. The van der Waals surface area contributed by atoms with Crippen LogP contribution in [0.3, 0.4) is 0 Å². The third-order valence-corrected chi connectivity index (χ3v) is 9.48. The normalized spacial score (nSPS) is 16.2. The van der Waals surface area contributed by atoms with Crippen LogP contribution in [0.25, 0.3) is 22.0 Å². The third-order valence-electron chi connectivity index (χ3n) is 9.48. The fourth-order valence-electron chi connectivity index (χ4n) is 6.74. The Labute approximate surface area is 265 Å². The lowest BCUT2D eigenvalue weighted by molar-refractivity contribution is -0.132. The number of piperidine rings is 2. The third kappa shape index (κ3) is 7.95. The number of nitrogens with one attached hydrogen (secondary N) is 1. The number of halogens is 1. The van der Waals surface area contributed by atoms with Gasteiger partial charge in [0.05, 0.1) is 5.52 Å². The molecular weight excluding hydrogens is 563 g/mol. The van der Waals surface area contributed by atoms with E-state index in [0.717, 1.165) is 91.7 Å². The molecule has 0 saturated carbocycles. The van der Waals surface area contributed by atoms with Crippen LogP contribution in [0.1, 0.15) is 72.9 Å². The average Bonchev–Trinajstić information content (AvgIpc) is 3.07. The molecule has 234 valence electrons. The van der Waals surface area contributed by atoms with E-state index in [0.29, 0.717) is 23.8 Å². The molecule has 0 bridgehead atoms. The van der Waals surface area contributed by atoms with Crippen molar-refractivity contribution in [1.29, 1.82) is 0 Å². The number of amides is 2. The predicted molar refractivity (Wildman–Crippen MR) is 179 cm³/mol. The molecule has 3 aromatic carbocycles. The van der Waals surface area contributed by atoms with Gasteiger partial charge < -0.3 is 10.2 Å². The summed E-state index contributed by atoms with van der Waals surface area (Å²) < 4.78 is 13.3. The van der Waals surface area contributed by atoms with Gasteiger partial charge in [0, 0.05) is 48.9 Å². The van der Waals surface area contributed by atoms with Crippen molar-refractivity contribution in [3.8, 4) is 11.1 Å². The lowest BCUT2D eigenvalue weighted by Crippen LogP contribution is -2.35. The van der Waals surface area contributed by atoms with Crippen molar-refractivity contribution in [3.05, 3.63) is 95.4 Å². The zero-order chi connectivity index (χ0) is 31.2. The standard InChI is InChI=1S/C38H43FN4O2/c1-27-22-33-23-29(26-42-20-16-28(17-21-42)6-5-7-37(44)43-18-3-2-4-19-43)25-40-36(33)24-35(27)41-38(45)32-10-8-30(9-11-32)31-12-14-34(39)15-13-31/h8-15,22-25,28H,2-7,16-21,26H2,1H3,(H,41,45). The number of pyridine rings is 1. The van der Waals surface area contributed by atoms with Crippen molar-refractivity contribution in [1.82, 2.24) is 14.8 Å². The van der Waals surface area contributed by atoms with Gasteiger partial charge in [-0.15, -0.1) is 0 Å². The summed E-state index contributed by atoms with van der Waals surface area (Å²) in [7, 11) is 0. The Morgan fingerprint density at radius 1 is 0.889 bits per heavy atom. The van der Waals surface area contributed by atoms with Gasteiger partial charge in [-0.2, -0.15) is 0 Å². The van der Waals surface area contributed by atoms with Crippen LogP contribution in [0, 0.1) is 18.7 Å². The molecule has 2 saturated heterocycles. The highest BCUT2D eigenvalue weighted by Crippen LogP contribution is 2.27. The van der Waals surface area contributed by atoms with Crippen LogP contribution in [-0.4, -0.2) is 52.8 Å². The lowest BCUT2D eigenvalue weighted by Gasteiger charge is -2.32. The van der Waals surface area contributed by atoms with E-state index >= 15 is 0 Å². The van der Waals surface area contributed by atoms with Gasteiger partial charge in [-0.3, -0.25) is 19.5 Å². The highest BCUT2D eigenvalue weighted by atomic mass is 19.1. The molecule has 0 radical (unpaired) electrons. The molecule has 2 aliphatic heterocycles. The quantitative estimate of drug-likeness (QED) is 0.210. The summed E-state index contributed by atoms with van der Waals surface area (Å²) in [4.78, 5) is 34.9. The molecule has 6 rings (SSSR count). The van der Waals surface area contributed by atoms with Gasteiger partial charge in [0.25, 0.3) is 5.91 Å². The predicted octanol–water partition coefficient (Wildman–Crippen LogP) is 8.00. The molecule has 0 aliphatic carbocycles. The number of benzene rings is 3. The molecule has 0 atom stereocenters. The molecule has 3 heterocycles. The van der Waals surface area contributed by atoms with Crippen LogP contribution in [-0.2, 0) is 11.3 Å². The number of hydrogen-bond acceptors (Lipinski definition) is 4. The monoisotopic (exact) mass is 606 g/mol. The maximum atomic E-state index is 13.3. The van der Waals surface area contributed by atoms with Crippen LogP contribution in [0.4, 0.5) is 10.1 Å². The van der Waals surface area contributed by atoms with E-state index in [1.165, 1.54) is 37.0 Å². The summed E-state index contributed by atoms with van der Waals surface area (Å²) in [6.07, 6.45) is 10.8. The number of hydrogen-bond donors (Lipinski definition) is 1. The Morgan fingerprint density at radius 2 is 1.58 bits per heavy atom. The van der Waals surface area contributed by atoms with Crippen molar-refractivity contribution in [2.45, 2.75) is 64.8 Å². The second-order valence-electron chi connectivity index (χ2n) is 12.8. The number of rotatable bonds is 9. The maximum Gasteiger partial charge on any atom is 0.255 e. The van der Waals surface area contributed by atoms with Crippen LogP contribution in [0.5, 0.6) is 0 Å². The second kappa shape index (κ2) is 14.3. The van der Waals surface area contributed by atoms with E-state index in [4.69, 9.17) is 4.98 Å². The van der Waals surface area contributed by atoms with Crippen molar-refractivity contribution in [2.24, 2.45) is 5.92 Å². The molecule has 45 heavy (non-hydrogen) atoms. The number of nitrogens with zero attached hydrogens (tertiary/aromatic N) is 3. The summed E-state index contributed by atoms with van der Waals surface area (Å²) in [5.41, 5.74) is 6.16. The Kier molecular flexibility index (Phi) is 9.84. The molecule has 6 nitrogen and oxygen atoms in total. The molecule has 0 unspecified atom stereocenters. The lowest BCUT2D eigenvalue weighted by atomic mass is 9.91. The van der Waals surface area contributed by atoms with Crippen LogP contribution < -0.4 is 5.32 Å². The van der Waals surface area contributed by atoms with Gasteiger partial charge in [-0.05, 0) is 136 Å². The molecule has 0 spiro atoms. The van der Waals surface area contributed by atoms with Crippen LogP contribution in [0.2, 0.25) is 0 Å². The van der Waals surface area contributed by atoms with E-state index in [1.807, 2.05) is 31.3 Å². The largest absolute Gasteiger partial charge is 0.343 e. The molecular formula is C38H43FN4O2. The number of aromatic nitrogens is 1. The highest BCUT2D eigenvalue weighted by Gasteiger charge is 2.21. The number of fused-ring (bicyclic) bond motifs is 1. The molecule has 2 aliphatic rings. The maximum absolute atomic E-state index is 13.3. The number of carbonyl (C=O) groups excluding carboxylic acids is 2. The molecule has 1 aromatic heterocycles. The summed E-state index contributed by atoms with van der Waals surface area (Å²) >= 11 is 0. The first kappa shape index (κ1) is 30.9. The minimum Gasteiger partial charge on any atom is -0.343 e. The van der Waals surface area contributed by atoms with E-state index in [1.54, 1.807) is 24.3 Å². The summed E-state index contributed by atoms with van der Waals surface area (Å²) in [5, 5.41) is 4.12. The first-order valence-corrected chi connectivity index (χ1v) is 16.5. The molecule has 2 fully saturated rings. The average molecular weight is 607 g/mol. The van der Waals surface area contributed by atoms with Crippen molar-refractivity contribution < 1.29 is 14.0 Å². The van der Waals surface area contributed by atoms with Crippen LogP contribution in [0.15, 0.2) is 72.9 Å². The second-order valence-corrected chi connectivity index (χ2v) is 12.8. The van der Waals surface area contributed by atoms with Gasteiger partial charge >= 0.3 is 0 Å². The number of aryl methyl sites for hydroxylation is 1. The molecule has 7 heteroatoms. The van der Waals surface area contributed by atoms with Gasteiger partial charge in [-0.1, -0.05) is 24.3 Å². The Morgan fingerprint density at radius 3 is 2.29 bits per heavy atom. The Balaban J connectivity index is 0.993. The Bertz CT molecular complexity index is 1620. The van der Waals surface area contributed by atoms with Gasteiger partial charge in [0.1, 0.15) is 5.82 Å². The summed E-state index contributed by atoms with van der Waals surface area (Å²) in [6, 6.07) is 19.9. The summed E-state index contributed by atoms with van der Waals surface area (Å²) in [6.45, 7) is 6.96. The van der Waals surface area contributed by atoms with E-state index < -0.39 is 0 Å². The first-order chi connectivity index (χ1) is 21.9. The van der Waals surface area contributed by atoms with Crippen molar-refractivity contribution in [3.63, 3.8) is 0 Å². The summed E-state index contributed by atoms with van der Waals surface area (Å²) in [5.74, 6) is 0.618. The molecule has 4 aromatic rings. The Hall–Kier alpha value is -4.10. The van der Waals surface area contributed by atoms with Gasteiger partial charge in [0.15, 0.2) is 0 Å². The first-order valence-electron chi connectivity index (χ1n) is 16.5. The SMILES string of the molecule is Cc1cc2cc(CN3CCC(CCCC(=O)N4CCCCC4)CC3)cnc2cc1NC(=O)c1ccc(-c2ccc(F)cc2)cc1.